The maximum Gasteiger partial charge on any atom is 0.274 e. The third-order valence-electron chi connectivity index (χ3n) is 2.25. The topological polar surface area (TPSA) is 54.4 Å². The summed E-state index contributed by atoms with van der Waals surface area (Å²) >= 11 is 5.77. The van der Waals surface area contributed by atoms with Gasteiger partial charge in [-0.1, -0.05) is 23.7 Å². The Morgan fingerprint density at radius 2 is 2.05 bits per heavy atom. The Balaban J connectivity index is 2.01. The molecule has 96 valence electrons. The monoisotopic (exact) mass is 277 g/mol. The van der Waals surface area contributed by atoms with Crippen molar-refractivity contribution in [2.24, 2.45) is 5.10 Å². The van der Waals surface area contributed by atoms with E-state index >= 15 is 0 Å². The van der Waals surface area contributed by atoms with Gasteiger partial charge in [-0.3, -0.25) is 4.79 Å². The van der Waals surface area contributed by atoms with Crippen molar-refractivity contribution in [1.82, 2.24) is 10.4 Å². The molecule has 0 radical (unpaired) electrons. The lowest BCUT2D eigenvalue weighted by Crippen LogP contribution is -2.18. The van der Waals surface area contributed by atoms with Crippen LogP contribution in [0.25, 0.3) is 0 Å². The molecule has 0 aliphatic heterocycles. The molecule has 4 nitrogen and oxygen atoms in total. The maximum absolute atomic E-state index is 12.7. The smallest absolute Gasteiger partial charge is 0.267 e. The van der Waals surface area contributed by atoms with Gasteiger partial charge in [-0.05, 0) is 29.8 Å². The Labute approximate surface area is 113 Å². The zero-order chi connectivity index (χ0) is 13.7. The summed E-state index contributed by atoms with van der Waals surface area (Å²) in [5.41, 5.74) is 3.22. The summed E-state index contributed by atoms with van der Waals surface area (Å²) in [6.45, 7) is 0. The van der Waals surface area contributed by atoms with Crippen LogP contribution in [0.15, 0.2) is 47.7 Å². The van der Waals surface area contributed by atoms with Crippen LogP contribution in [0.4, 0.5) is 4.39 Å². The van der Waals surface area contributed by atoms with Crippen LogP contribution in [0.2, 0.25) is 5.15 Å². The van der Waals surface area contributed by atoms with Crippen LogP contribution in [0.5, 0.6) is 0 Å². The number of rotatable bonds is 3. The van der Waals surface area contributed by atoms with Gasteiger partial charge in [0, 0.05) is 6.20 Å². The number of hydrogen-bond donors (Lipinski definition) is 1. The van der Waals surface area contributed by atoms with E-state index in [2.05, 4.69) is 15.5 Å². The molecule has 1 aromatic heterocycles. The fourth-order valence-corrected chi connectivity index (χ4v) is 1.54. The second-order valence-corrected chi connectivity index (χ2v) is 3.95. The summed E-state index contributed by atoms with van der Waals surface area (Å²) in [6.07, 6.45) is 2.89. The number of carbonyl (C=O) groups excluding carboxylic acids is 1. The number of hydrazone groups is 1. The second kappa shape index (κ2) is 6.06. The van der Waals surface area contributed by atoms with E-state index in [4.69, 9.17) is 11.6 Å². The van der Waals surface area contributed by atoms with Crippen molar-refractivity contribution < 1.29 is 9.18 Å². The third-order valence-corrected chi connectivity index (χ3v) is 2.55. The van der Waals surface area contributed by atoms with Crippen LogP contribution < -0.4 is 5.43 Å². The summed E-state index contributed by atoms with van der Waals surface area (Å²) in [5, 5.41) is 3.86. The maximum atomic E-state index is 12.7. The molecule has 0 saturated heterocycles. The highest BCUT2D eigenvalue weighted by atomic mass is 35.5. The number of nitrogens with zero attached hydrogens (tertiary/aromatic N) is 2. The van der Waals surface area contributed by atoms with Crippen molar-refractivity contribution >= 4 is 23.7 Å². The van der Waals surface area contributed by atoms with Crippen LogP contribution in [0.1, 0.15) is 15.9 Å². The molecule has 0 unspecified atom stereocenters. The van der Waals surface area contributed by atoms with E-state index in [-0.39, 0.29) is 16.5 Å². The first kappa shape index (κ1) is 13.2. The molecule has 1 N–H and O–H groups in total. The van der Waals surface area contributed by atoms with Gasteiger partial charge >= 0.3 is 0 Å². The molecule has 0 spiro atoms. The quantitative estimate of drug-likeness (QED) is 0.533. The minimum absolute atomic E-state index is 0.108. The number of pyridine rings is 1. The van der Waals surface area contributed by atoms with Crippen molar-refractivity contribution in [1.29, 1.82) is 0 Å². The highest BCUT2D eigenvalue weighted by Gasteiger charge is 2.08. The number of hydrogen-bond acceptors (Lipinski definition) is 3. The van der Waals surface area contributed by atoms with E-state index < -0.39 is 5.91 Å². The Morgan fingerprint density at radius 1 is 1.32 bits per heavy atom. The van der Waals surface area contributed by atoms with Crippen LogP contribution in [0.3, 0.4) is 0 Å². The number of benzene rings is 1. The average Bonchev–Trinajstić information content (AvgIpc) is 2.41. The minimum Gasteiger partial charge on any atom is -0.267 e. The molecule has 0 fully saturated rings. The SMILES string of the molecule is O=C(N/N=C/c1ccc(F)cc1)c1cccnc1Cl. The first-order valence-electron chi connectivity index (χ1n) is 5.36. The Morgan fingerprint density at radius 3 is 2.74 bits per heavy atom. The number of aromatic nitrogens is 1. The first-order valence-corrected chi connectivity index (χ1v) is 5.74. The fourth-order valence-electron chi connectivity index (χ4n) is 1.33. The van der Waals surface area contributed by atoms with Gasteiger partial charge < -0.3 is 0 Å². The van der Waals surface area contributed by atoms with Gasteiger partial charge in [0.2, 0.25) is 0 Å². The summed E-state index contributed by atoms with van der Waals surface area (Å²) in [6, 6.07) is 8.84. The van der Waals surface area contributed by atoms with Gasteiger partial charge in [-0.15, -0.1) is 0 Å². The van der Waals surface area contributed by atoms with Crippen molar-refractivity contribution in [3.05, 3.63) is 64.7 Å². The molecule has 0 bridgehead atoms. The molecule has 1 aromatic carbocycles. The summed E-state index contributed by atoms with van der Waals surface area (Å²) in [5.74, 6) is -0.792. The van der Waals surface area contributed by atoms with E-state index in [1.807, 2.05) is 0 Å². The van der Waals surface area contributed by atoms with E-state index in [1.165, 1.54) is 30.6 Å². The zero-order valence-corrected chi connectivity index (χ0v) is 10.4. The largest absolute Gasteiger partial charge is 0.274 e. The first-order chi connectivity index (χ1) is 9.16. The molecule has 6 heteroatoms. The highest BCUT2D eigenvalue weighted by Crippen LogP contribution is 2.10. The van der Waals surface area contributed by atoms with Crippen LogP contribution in [0, 0.1) is 5.82 Å². The number of amides is 1. The third kappa shape index (κ3) is 3.59. The van der Waals surface area contributed by atoms with Gasteiger partial charge in [0.15, 0.2) is 0 Å². The average molecular weight is 278 g/mol. The van der Waals surface area contributed by atoms with E-state index in [1.54, 1.807) is 18.2 Å². The Bertz CT molecular complexity index is 614. The predicted molar refractivity (Wildman–Crippen MR) is 70.7 cm³/mol. The second-order valence-electron chi connectivity index (χ2n) is 3.59. The van der Waals surface area contributed by atoms with Crippen LogP contribution >= 0.6 is 11.6 Å². The summed E-state index contributed by atoms with van der Waals surface area (Å²) in [4.78, 5) is 15.5. The van der Waals surface area contributed by atoms with E-state index in [9.17, 15) is 9.18 Å². The van der Waals surface area contributed by atoms with E-state index in [0.29, 0.717) is 5.56 Å². The van der Waals surface area contributed by atoms with Gasteiger partial charge in [0.1, 0.15) is 11.0 Å². The molecule has 2 rings (SSSR count). The highest BCUT2D eigenvalue weighted by molar-refractivity contribution is 6.32. The predicted octanol–water partition coefficient (Wildman–Crippen LogP) is 2.64. The molecule has 1 amide bonds. The van der Waals surface area contributed by atoms with Crippen LogP contribution in [-0.2, 0) is 0 Å². The van der Waals surface area contributed by atoms with Gasteiger partial charge in [-0.2, -0.15) is 5.10 Å². The van der Waals surface area contributed by atoms with Gasteiger partial charge in [0.05, 0.1) is 11.8 Å². The van der Waals surface area contributed by atoms with Crippen molar-refractivity contribution in [3.8, 4) is 0 Å². The minimum atomic E-state index is -0.462. The number of carbonyl (C=O) groups is 1. The summed E-state index contributed by atoms with van der Waals surface area (Å²) < 4.78 is 12.7. The molecule has 2 aromatic rings. The molecule has 0 saturated carbocycles. The van der Waals surface area contributed by atoms with Gasteiger partial charge in [0.25, 0.3) is 5.91 Å². The van der Waals surface area contributed by atoms with Crippen molar-refractivity contribution in [2.45, 2.75) is 0 Å². The lowest BCUT2D eigenvalue weighted by Gasteiger charge is -2.00. The zero-order valence-electron chi connectivity index (χ0n) is 9.68. The summed E-state index contributed by atoms with van der Waals surface area (Å²) in [7, 11) is 0. The van der Waals surface area contributed by atoms with Gasteiger partial charge in [-0.25, -0.2) is 14.8 Å². The molecule has 1 heterocycles. The standard InChI is InChI=1S/C13H9ClFN3O/c14-12-11(2-1-7-16-12)13(19)18-17-8-9-3-5-10(15)6-4-9/h1-8H,(H,18,19)/b17-8+. The Hall–Kier alpha value is -2.27. The normalized spacial score (nSPS) is 10.6. The number of halogens is 2. The number of nitrogens with one attached hydrogen (secondary N) is 1. The van der Waals surface area contributed by atoms with Crippen molar-refractivity contribution in [2.75, 3.05) is 0 Å². The lowest BCUT2D eigenvalue weighted by atomic mass is 10.2. The van der Waals surface area contributed by atoms with E-state index in [0.717, 1.165) is 0 Å². The Kier molecular flexibility index (Phi) is 4.20. The molecule has 0 aliphatic carbocycles. The molecule has 19 heavy (non-hydrogen) atoms. The molecular weight excluding hydrogens is 269 g/mol. The molecule has 0 aliphatic rings. The lowest BCUT2D eigenvalue weighted by molar-refractivity contribution is 0.0955. The fraction of sp³-hybridized carbons (Fsp3) is 0. The van der Waals surface area contributed by atoms with Crippen molar-refractivity contribution in [3.63, 3.8) is 0 Å². The molecule has 0 atom stereocenters. The molecular formula is C13H9ClFN3O. The van der Waals surface area contributed by atoms with Crippen LogP contribution in [-0.4, -0.2) is 17.1 Å².